The molecule has 1 fully saturated rings. The highest BCUT2D eigenvalue weighted by atomic mass is 32.1. The molecule has 3 aromatic rings. The van der Waals surface area contributed by atoms with Crippen LogP contribution in [0.25, 0.3) is 0 Å². The van der Waals surface area contributed by atoms with Crippen molar-refractivity contribution in [2.75, 3.05) is 6.61 Å². The maximum Gasteiger partial charge on any atom is 0.125 e. The van der Waals surface area contributed by atoms with Crippen LogP contribution in [0, 0.1) is 27.7 Å². The Labute approximate surface area is 166 Å². The molecule has 0 saturated carbocycles. The molecule has 0 spiro atoms. The number of nitrogens with zero attached hydrogens (tertiary/aromatic N) is 4. The van der Waals surface area contributed by atoms with Crippen LogP contribution in [0.3, 0.4) is 0 Å². The Hall–Kier alpha value is -2.18. The van der Waals surface area contributed by atoms with Gasteiger partial charge < -0.3 is 4.74 Å². The fraction of sp³-hybridized carbons (Fsp3) is 0.429. The van der Waals surface area contributed by atoms with Gasteiger partial charge in [-0.05, 0) is 65.2 Å². The summed E-state index contributed by atoms with van der Waals surface area (Å²) in [6.45, 7) is 10.9. The largest absolute Gasteiger partial charge is 0.379 e. The second kappa shape index (κ2) is 13.9. The number of rotatable bonds is 0. The zero-order chi connectivity index (χ0) is 19.9. The summed E-state index contributed by atoms with van der Waals surface area (Å²) in [6, 6.07) is 5.86. The van der Waals surface area contributed by atoms with E-state index in [0.717, 1.165) is 29.4 Å². The van der Waals surface area contributed by atoms with E-state index in [4.69, 9.17) is 4.74 Å². The summed E-state index contributed by atoms with van der Waals surface area (Å²) in [5, 5.41) is 2.01. The zero-order valence-corrected chi connectivity index (χ0v) is 17.7. The standard InChI is InChI=1S/C6H8N2.C6H7N.C5H10O.C4H5NS/c1-5-3-7-6(2)8-4-5;1-6-4-2-3-5-7-6;1-5-3-2-4-6-5;1-4-2-6-3-5-4/h3-4H,1-2H3;2-5H,1H3;5H,2-4H2,1H3;2-3H,1H3. The molecule has 3 aromatic heterocycles. The smallest absolute Gasteiger partial charge is 0.125 e. The van der Waals surface area contributed by atoms with Crippen LogP contribution in [-0.2, 0) is 4.74 Å². The molecule has 1 aliphatic rings. The summed E-state index contributed by atoms with van der Waals surface area (Å²) < 4.78 is 5.15. The van der Waals surface area contributed by atoms with Crippen LogP contribution < -0.4 is 0 Å². The predicted octanol–water partition coefficient (Wildman–Crippen LogP) is 5.12. The van der Waals surface area contributed by atoms with Crippen molar-refractivity contribution in [3.05, 3.63) is 70.5 Å². The number of thiazole rings is 1. The number of aryl methyl sites for hydroxylation is 4. The van der Waals surface area contributed by atoms with Gasteiger partial charge in [-0.1, -0.05) is 6.07 Å². The van der Waals surface area contributed by atoms with Crippen LogP contribution in [0.5, 0.6) is 0 Å². The first kappa shape index (κ1) is 22.9. The lowest BCUT2D eigenvalue weighted by atomic mass is 10.3. The van der Waals surface area contributed by atoms with Gasteiger partial charge in [0.1, 0.15) is 5.82 Å². The lowest BCUT2D eigenvalue weighted by Gasteiger charge is -1.94. The Morgan fingerprint density at radius 1 is 0.963 bits per heavy atom. The van der Waals surface area contributed by atoms with Crippen LogP contribution in [0.2, 0.25) is 0 Å². The van der Waals surface area contributed by atoms with Crippen LogP contribution in [0.15, 0.2) is 47.7 Å². The summed E-state index contributed by atoms with van der Waals surface area (Å²) in [5.41, 5.74) is 5.12. The molecule has 1 aliphatic heterocycles. The average molecular weight is 387 g/mol. The molecule has 0 amide bonds. The first-order chi connectivity index (χ1) is 13.0. The SMILES string of the molecule is CC1CCCO1.Cc1ccccn1.Cc1cnc(C)nc1.Cc1cscn1. The third-order valence-corrected chi connectivity index (χ3v) is 4.14. The van der Waals surface area contributed by atoms with Crippen LogP contribution >= 0.6 is 11.3 Å². The molecule has 0 bridgehead atoms. The minimum atomic E-state index is 0.546. The Balaban J connectivity index is 0.000000181. The molecule has 0 N–H and O–H groups in total. The third kappa shape index (κ3) is 12.8. The van der Waals surface area contributed by atoms with Crippen molar-refractivity contribution in [3.8, 4) is 0 Å². The molecule has 5 nitrogen and oxygen atoms in total. The molecule has 6 heteroatoms. The quantitative estimate of drug-likeness (QED) is 0.536. The van der Waals surface area contributed by atoms with Crippen molar-refractivity contribution in [1.29, 1.82) is 0 Å². The summed E-state index contributed by atoms with van der Waals surface area (Å²) in [6.07, 6.45) is 8.48. The molecule has 1 saturated heterocycles. The van der Waals surface area contributed by atoms with Crippen molar-refractivity contribution in [3.63, 3.8) is 0 Å². The van der Waals surface area contributed by atoms with Crippen LogP contribution in [-0.4, -0.2) is 32.6 Å². The maximum absolute atomic E-state index is 5.15. The van der Waals surface area contributed by atoms with Crippen molar-refractivity contribution in [2.24, 2.45) is 0 Å². The van der Waals surface area contributed by atoms with E-state index in [2.05, 4.69) is 26.9 Å². The van der Waals surface area contributed by atoms with Crippen molar-refractivity contribution < 1.29 is 4.74 Å². The molecule has 4 rings (SSSR count). The predicted molar refractivity (Wildman–Crippen MR) is 112 cm³/mol. The van der Waals surface area contributed by atoms with Gasteiger partial charge in [0.25, 0.3) is 0 Å². The second-order valence-electron chi connectivity index (χ2n) is 6.23. The van der Waals surface area contributed by atoms with Crippen molar-refractivity contribution >= 4 is 11.3 Å². The molecule has 0 aliphatic carbocycles. The Bertz CT molecular complexity index is 676. The summed E-state index contributed by atoms with van der Waals surface area (Å²) in [4.78, 5) is 15.8. The van der Waals surface area contributed by atoms with E-state index in [1.165, 1.54) is 12.8 Å². The molecule has 27 heavy (non-hydrogen) atoms. The lowest BCUT2D eigenvalue weighted by molar-refractivity contribution is 0.125. The van der Waals surface area contributed by atoms with Gasteiger partial charge in [-0.25, -0.2) is 9.97 Å². The van der Waals surface area contributed by atoms with E-state index in [1.807, 2.05) is 69.2 Å². The van der Waals surface area contributed by atoms with E-state index in [-0.39, 0.29) is 0 Å². The molecule has 4 heterocycles. The fourth-order valence-electron chi connectivity index (χ4n) is 1.92. The number of hydrogen-bond donors (Lipinski definition) is 0. The van der Waals surface area contributed by atoms with Crippen molar-refractivity contribution in [1.82, 2.24) is 19.9 Å². The van der Waals surface area contributed by atoms with E-state index in [0.29, 0.717) is 6.10 Å². The molecule has 1 atom stereocenters. The van der Waals surface area contributed by atoms with Gasteiger partial charge in [0, 0.05) is 42.0 Å². The van der Waals surface area contributed by atoms with E-state index < -0.39 is 0 Å². The molecular weight excluding hydrogens is 356 g/mol. The number of pyridine rings is 1. The first-order valence-corrected chi connectivity index (χ1v) is 10.0. The molecule has 146 valence electrons. The van der Waals surface area contributed by atoms with Gasteiger partial charge in [-0.2, -0.15) is 0 Å². The highest BCUT2D eigenvalue weighted by molar-refractivity contribution is 7.07. The Morgan fingerprint density at radius 2 is 1.70 bits per heavy atom. The molecular formula is C21H30N4OS. The summed E-state index contributed by atoms with van der Waals surface area (Å²) in [5.74, 6) is 0.829. The average Bonchev–Trinajstić information content (AvgIpc) is 3.33. The Kier molecular flexibility index (Phi) is 11.8. The third-order valence-electron chi connectivity index (χ3n) is 3.44. The van der Waals surface area contributed by atoms with E-state index in [1.54, 1.807) is 17.5 Å². The topological polar surface area (TPSA) is 60.8 Å². The fourth-order valence-corrected chi connectivity index (χ4v) is 2.46. The minimum Gasteiger partial charge on any atom is -0.379 e. The van der Waals surface area contributed by atoms with Gasteiger partial charge in [0.2, 0.25) is 0 Å². The highest BCUT2D eigenvalue weighted by Gasteiger charge is 2.07. The van der Waals surface area contributed by atoms with Gasteiger partial charge in [0.05, 0.1) is 11.6 Å². The molecule has 0 aromatic carbocycles. The van der Waals surface area contributed by atoms with E-state index >= 15 is 0 Å². The first-order valence-electron chi connectivity index (χ1n) is 9.06. The maximum atomic E-state index is 5.15. The van der Waals surface area contributed by atoms with Gasteiger partial charge in [0.15, 0.2) is 0 Å². The van der Waals surface area contributed by atoms with Crippen LogP contribution in [0.4, 0.5) is 0 Å². The summed E-state index contributed by atoms with van der Waals surface area (Å²) >= 11 is 1.63. The normalized spacial score (nSPS) is 14.6. The van der Waals surface area contributed by atoms with Gasteiger partial charge in [-0.3, -0.25) is 9.97 Å². The Morgan fingerprint density at radius 3 is 1.96 bits per heavy atom. The van der Waals surface area contributed by atoms with Gasteiger partial charge in [-0.15, -0.1) is 11.3 Å². The lowest BCUT2D eigenvalue weighted by Crippen LogP contribution is -1.94. The van der Waals surface area contributed by atoms with Gasteiger partial charge >= 0.3 is 0 Å². The second-order valence-corrected chi connectivity index (χ2v) is 6.95. The van der Waals surface area contributed by atoms with Crippen LogP contribution in [0.1, 0.15) is 42.5 Å². The summed E-state index contributed by atoms with van der Waals surface area (Å²) in [7, 11) is 0. The van der Waals surface area contributed by atoms with Crippen molar-refractivity contribution in [2.45, 2.75) is 53.6 Å². The molecule has 1 unspecified atom stereocenters. The zero-order valence-electron chi connectivity index (χ0n) is 16.9. The number of aromatic nitrogens is 4. The highest BCUT2D eigenvalue weighted by Crippen LogP contribution is 2.09. The number of ether oxygens (including phenoxy) is 1. The minimum absolute atomic E-state index is 0.546. The monoisotopic (exact) mass is 386 g/mol. The molecule has 0 radical (unpaired) electrons. The number of hydrogen-bond acceptors (Lipinski definition) is 6. The van der Waals surface area contributed by atoms with E-state index in [9.17, 15) is 0 Å².